The van der Waals surface area contributed by atoms with E-state index in [0.29, 0.717) is 6.10 Å². The molecule has 0 amide bonds. The van der Waals surface area contributed by atoms with Crippen LogP contribution in [0.1, 0.15) is 33.1 Å². The van der Waals surface area contributed by atoms with Crippen molar-refractivity contribution in [2.75, 3.05) is 13.2 Å². The van der Waals surface area contributed by atoms with Gasteiger partial charge >= 0.3 is 0 Å². The first-order valence-corrected chi connectivity index (χ1v) is 5.04. The van der Waals surface area contributed by atoms with Crippen LogP contribution < -0.4 is 5.73 Å². The zero-order chi connectivity index (χ0) is 8.97. The van der Waals surface area contributed by atoms with Crippen molar-refractivity contribution in [1.29, 1.82) is 0 Å². The van der Waals surface area contributed by atoms with E-state index in [1.807, 2.05) is 0 Å². The second kappa shape index (κ2) is 4.83. The first-order chi connectivity index (χ1) is 5.72. The smallest absolute Gasteiger partial charge is 0.0519 e. The van der Waals surface area contributed by atoms with Crippen LogP contribution in [-0.4, -0.2) is 19.3 Å². The monoisotopic (exact) mass is 171 g/mol. The van der Waals surface area contributed by atoms with Crippen LogP contribution in [-0.2, 0) is 4.74 Å². The zero-order valence-electron chi connectivity index (χ0n) is 8.25. The molecule has 0 aromatic carbocycles. The lowest BCUT2D eigenvalue weighted by atomic mass is 10.1. The predicted octanol–water partition coefficient (Wildman–Crippen LogP) is 1.79. The van der Waals surface area contributed by atoms with E-state index in [-0.39, 0.29) is 0 Å². The molecule has 0 aromatic rings. The molecule has 2 N–H and O–H groups in total. The summed E-state index contributed by atoms with van der Waals surface area (Å²) in [6.45, 7) is 5.98. The highest BCUT2D eigenvalue weighted by Crippen LogP contribution is 2.30. The topological polar surface area (TPSA) is 35.2 Å². The highest BCUT2D eigenvalue weighted by Gasteiger charge is 2.23. The fourth-order valence-corrected chi connectivity index (χ4v) is 1.87. The largest absolute Gasteiger partial charge is 0.379 e. The average Bonchev–Trinajstić information content (AvgIpc) is 2.48. The van der Waals surface area contributed by atoms with Gasteiger partial charge in [-0.05, 0) is 51.5 Å². The molecule has 72 valence electrons. The molecule has 0 bridgehead atoms. The third kappa shape index (κ3) is 3.11. The Kier molecular flexibility index (Phi) is 4.02. The Labute approximate surface area is 75.5 Å². The van der Waals surface area contributed by atoms with Crippen LogP contribution in [0.15, 0.2) is 0 Å². The van der Waals surface area contributed by atoms with Crippen molar-refractivity contribution in [1.82, 2.24) is 0 Å². The molecule has 2 heteroatoms. The summed E-state index contributed by atoms with van der Waals surface area (Å²) in [5.41, 5.74) is 5.61. The summed E-state index contributed by atoms with van der Waals surface area (Å²) >= 11 is 0. The maximum absolute atomic E-state index is 5.61. The molecule has 0 saturated heterocycles. The molecule has 1 saturated carbocycles. The van der Waals surface area contributed by atoms with Gasteiger partial charge in [0.2, 0.25) is 0 Å². The fraction of sp³-hybridized carbons (Fsp3) is 1.00. The van der Waals surface area contributed by atoms with Crippen LogP contribution in [0.4, 0.5) is 0 Å². The normalized spacial score (nSPS) is 30.0. The molecule has 2 nitrogen and oxygen atoms in total. The average molecular weight is 171 g/mol. The molecule has 0 aliphatic heterocycles. The zero-order valence-corrected chi connectivity index (χ0v) is 8.25. The predicted molar refractivity (Wildman–Crippen MR) is 51.0 cm³/mol. The lowest BCUT2D eigenvalue weighted by Crippen LogP contribution is -2.14. The third-order valence-corrected chi connectivity index (χ3v) is 2.65. The first kappa shape index (κ1) is 10.0. The Morgan fingerprint density at radius 2 is 2.00 bits per heavy atom. The molecule has 0 aromatic heterocycles. The molecule has 0 radical (unpaired) electrons. The molecule has 0 spiro atoms. The van der Waals surface area contributed by atoms with E-state index < -0.39 is 0 Å². The molecule has 2 atom stereocenters. The van der Waals surface area contributed by atoms with Gasteiger partial charge in [0.25, 0.3) is 0 Å². The number of ether oxygens (including phenoxy) is 1. The Morgan fingerprint density at radius 3 is 2.50 bits per heavy atom. The van der Waals surface area contributed by atoms with Gasteiger partial charge in [-0.1, -0.05) is 0 Å². The first-order valence-electron chi connectivity index (χ1n) is 5.04. The van der Waals surface area contributed by atoms with E-state index in [9.17, 15) is 0 Å². The quantitative estimate of drug-likeness (QED) is 0.700. The van der Waals surface area contributed by atoms with Crippen molar-refractivity contribution < 1.29 is 4.74 Å². The van der Waals surface area contributed by atoms with Gasteiger partial charge < -0.3 is 10.5 Å². The maximum Gasteiger partial charge on any atom is 0.0519 e. The van der Waals surface area contributed by atoms with E-state index in [1.54, 1.807) is 0 Å². The van der Waals surface area contributed by atoms with Crippen molar-refractivity contribution in [2.45, 2.75) is 39.2 Å². The van der Waals surface area contributed by atoms with Crippen molar-refractivity contribution in [2.24, 2.45) is 17.6 Å². The van der Waals surface area contributed by atoms with Gasteiger partial charge in [0, 0.05) is 6.61 Å². The molecule has 1 fully saturated rings. The van der Waals surface area contributed by atoms with Gasteiger partial charge in [-0.25, -0.2) is 0 Å². The Hall–Kier alpha value is -0.0800. The highest BCUT2D eigenvalue weighted by atomic mass is 16.5. The van der Waals surface area contributed by atoms with Crippen LogP contribution in [0.3, 0.4) is 0 Å². The second-order valence-corrected chi connectivity index (χ2v) is 4.16. The van der Waals surface area contributed by atoms with E-state index >= 15 is 0 Å². The van der Waals surface area contributed by atoms with Crippen LogP contribution in [0.25, 0.3) is 0 Å². The molecule has 12 heavy (non-hydrogen) atoms. The minimum Gasteiger partial charge on any atom is -0.379 e. The number of hydrogen-bond donors (Lipinski definition) is 1. The summed E-state index contributed by atoms with van der Waals surface area (Å²) in [4.78, 5) is 0. The van der Waals surface area contributed by atoms with Crippen molar-refractivity contribution in [3.05, 3.63) is 0 Å². The van der Waals surface area contributed by atoms with Crippen LogP contribution >= 0.6 is 0 Å². The van der Waals surface area contributed by atoms with Crippen molar-refractivity contribution in [3.8, 4) is 0 Å². The summed E-state index contributed by atoms with van der Waals surface area (Å²) in [6, 6.07) is 0. The minimum absolute atomic E-state index is 0.377. The molecule has 0 unspecified atom stereocenters. The molecule has 0 heterocycles. The summed E-state index contributed by atoms with van der Waals surface area (Å²) in [5.74, 6) is 1.55. The summed E-state index contributed by atoms with van der Waals surface area (Å²) in [7, 11) is 0. The third-order valence-electron chi connectivity index (χ3n) is 2.65. The summed E-state index contributed by atoms with van der Waals surface area (Å²) in [5, 5.41) is 0. The van der Waals surface area contributed by atoms with Crippen molar-refractivity contribution >= 4 is 0 Å². The van der Waals surface area contributed by atoms with Gasteiger partial charge in [-0.2, -0.15) is 0 Å². The van der Waals surface area contributed by atoms with E-state index in [1.165, 1.54) is 19.3 Å². The van der Waals surface area contributed by atoms with Gasteiger partial charge in [0.05, 0.1) is 6.10 Å². The van der Waals surface area contributed by atoms with Crippen LogP contribution in [0.2, 0.25) is 0 Å². The van der Waals surface area contributed by atoms with Gasteiger partial charge in [0.15, 0.2) is 0 Å². The summed E-state index contributed by atoms with van der Waals surface area (Å²) < 4.78 is 5.58. The lowest BCUT2D eigenvalue weighted by molar-refractivity contribution is 0.0518. The SMILES string of the molecule is CC(C)OC[C@H]1CC[C@H](CN)C1. The van der Waals surface area contributed by atoms with E-state index in [2.05, 4.69) is 13.8 Å². The fourth-order valence-electron chi connectivity index (χ4n) is 1.87. The molecule has 1 aliphatic carbocycles. The Morgan fingerprint density at radius 1 is 1.33 bits per heavy atom. The van der Waals surface area contributed by atoms with Gasteiger partial charge in [-0.15, -0.1) is 0 Å². The lowest BCUT2D eigenvalue weighted by Gasteiger charge is -2.13. The molecular formula is C10H21NO. The maximum atomic E-state index is 5.61. The van der Waals surface area contributed by atoms with Gasteiger partial charge in [0.1, 0.15) is 0 Å². The molecule has 1 rings (SSSR count). The number of hydrogen-bond acceptors (Lipinski definition) is 2. The van der Waals surface area contributed by atoms with Gasteiger partial charge in [-0.3, -0.25) is 0 Å². The molecular weight excluding hydrogens is 150 g/mol. The van der Waals surface area contributed by atoms with Crippen LogP contribution in [0, 0.1) is 11.8 Å². The van der Waals surface area contributed by atoms with E-state index in [0.717, 1.165) is 25.0 Å². The second-order valence-electron chi connectivity index (χ2n) is 4.16. The van der Waals surface area contributed by atoms with Crippen LogP contribution in [0.5, 0.6) is 0 Å². The number of rotatable bonds is 4. The van der Waals surface area contributed by atoms with E-state index in [4.69, 9.17) is 10.5 Å². The highest BCUT2D eigenvalue weighted by molar-refractivity contribution is 4.75. The Bertz CT molecular complexity index is 125. The number of nitrogens with two attached hydrogens (primary N) is 1. The standard InChI is InChI=1S/C10H21NO/c1-8(2)12-7-10-4-3-9(5-10)6-11/h8-10H,3-7,11H2,1-2H3/t9-,10-/m0/s1. The summed E-state index contributed by atoms with van der Waals surface area (Å²) in [6.07, 6.45) is 4.28. The molecule has 1 aliphatic rings. The van der Waals surface area contributed by atoms with Crippen molar-refractivity contribution in [3.63, 3.8) is 0 Å². The Balaban J connectivity index is 2.11. The minimum atomic E-state index is 0.377.